The molecule has 2 aromatic carbocycles. The van der Waals surface area contributed by atoms with Gasteiger partial charge in [0.25, 0.3) is 5.56 Å². The molecule has 5 rings (SSSR count). The van der Waals surface area contributed by atoms with Gasteiger partial charge >= 0.3 is 0 Å². The van der Waals surface area contributed by atoms with E-state index in [0.29, 0.717) is 28.1 Å². The topological polar surface area (TPSA) is 80.4 Å². The van der Waals surface area contributed by atoms with Crippen LogP contribution in [0.25, 0.3) is 21.7 Å². The molecule has 0 aliphatic carbocycles. The molecule has 0 radical (unpaired) electrons. The van der Waals surface area contributed by atoms with E-state index >= 15 is 0 Å². The van der Waals surface area contributed by atoms with Crippen LogP contribution in [0.1, 0.15) is 42.8 Å². The Morgan fingerprint density at radius 3 is 2.66 bits per heavy atom. The molecule has 4 aromatic rings. The van der Waals surface area contributed by atoms with Crippen LogP contribution in [0.5, 0.6) is 0 Å². The van der Waals surface area contributed by atoms with Gasteiger partial charge in [-0.15, -0.1) is 0 Å². The van der Waals surface area contributed by atoms with Crippen molar-refractivity contribution in [2.75, 3.05) is 18.9 Å². The van der Waals surface area contributed by atoms with Crippen molar-refractivity contribution in [3.63, 3.8) is 0 Å². The molecule has 1 aliphatic rings. The lowest BCUT2D eigenvalue weighted by atomic mass is 9.92. The minimum Gasteiger partial charge on any atom is -0.460 e. The van der Waals surface area contributed by atoms with Gasteiger partial charge in [-0.2, -0.15) is 5.10 Å². The van der Waals surface area contributed by atoms with Gasteiger partial charge in [-0.1, -0.05) is 25.1 Å². The average Bonchev–Trinajstić information content (AvgIpc) is 3.15. The van der Waals surface area contributed by atoms with Gasteiger partial charge in [0.15, 0.2) is 0 Å². The Morgan fingerprint density at radius 2 is 1.88 bits per heavy atom. The van der Waals surface area contributed by atoms with Crippen LogP contribution in [0.4, 0.5) is 5.69 Å². The first-order valence-electron chi connectivity index (χ1n) is 10.8. The molecule has 1 N–H and O–H groups in total. The fourth-order valence-corrected chi connectivity index (χ4v) is 4.77. The van der Waals surface area contributed by atoms with E-state index in [1.807, 2.05) is 36.4 Å². The van der Waals surface area contributed by atoms with Gasteiger partial charge in [0.2, 0.25) is 5.91 Å². The lowest BCUT2D eigenvalue weighted by Crippen LogP contribution is -2.31. The summed E-state index contributed by atoms with van der Waals surface area (Å²) in [6, 6.07) is 13.3. The van der Waals surface area contributed by atoms with E-state index in [0.717, 1.165) is 23.3 Å². The summed E-state index contributed by atoms with van der Waals surface area (Å²) in [7, 11) is 3.73. The Balaban J connectivity index is 1.46. The molecule has 0 fully saturated rings. The number of furan rings is 1. The largest absolute Gasteiger partial charge is 0.460 e. The molecule has 2 atom stereocenters. The maximum absolute atomic E-state index is 12.9. The van der Waals surface area contributed by atoms with E-state index in [1.54, 1.807) is 13.1 Å². The Morgan fingerprint density at radius 1 is 1.12 bits per heavy atom. The van der Waals surface area contributed by atoms with Gasteiger partial charge in [0.05, 0.1) is 17.5 Å². The fraction of sp³-hybridized carbons (Fsp3) is 0.320. The maximum Gasteiger partial charge on any atom is 0.274 e. The first-order valence-corrected chi connectivity index (χ1v) is 10.8. The Hall–Kier alpha value is -3.45. The molecule has 0 saturated heterocycles. The number of aromatic nitrogens is 2. The summed E-state index contributed by atoms with van der Waals surface area (Å²) in [5.74, 6) is 1.17. The van der Waals surface area contributed by atoms with Gasteiger partial charge in [-0.05, 0) is 38.2 Å². The van der Waals surface area contributed by atoms with Crippen LogP contribution in [0.15, 0.2) is 51.7 Å². The van der Waals surface area contributed by atoms with Gasteiger partial charge in [0.1, 0.15) is 11.3 Å². The third kappa shape index (κ3) is 3.29. The molecule has 0 saturated carbocycles. The summed E-state index contributed by atoms with van der Waals surface area (Å²) in [5, 5.41) is 9.63. The van der Waals surface area contributed by atoms with Crippen molar-refractivity contribution in [2.45, 2.75) is 32.2 Å². The van der Waals surface area contributed by atoms with Crippen molar-refractivity contribution in [3.8, 4) is 0 Å². The van der Waals surface area contributed by atoms with E-state index in [4.69, 9.17) is 4.42 Å². The molecule has 1 amide bonds. The van der Waals surface area contributed by atoms with E-state index in [2.05, 4.69) is 36.2 Å². The molecule has 7 nitrogen and oxygen atoms in total. The third-order valence-electron chi connectivity index (χ3n) is 6.49. The number of carbonyl (C=O) groups is 1. The normalized spacial score (nSPS) is 18.8. The molecule has 7 heteroatoms. The molecule has 0 spiro atoms. The number of benzene rings is 2. The summed E-state index contributed by atoms with van der Waals surface area (Å²) in [4.78, 5) is 27.5. The molecule has 2 unspecified atom stereocenters. The first-order chi connectivity index (χ1) is 15.3. The number of hydrogen-bond acceptors (Lipinski definition) is 5. The number of fused-ring (bicyclic) bond motifs is 4. The summed E-state index contributed by atoms with van der Waals surface area (Å²) < 4.78 is 7.45. The lowest BCUT2D eigenvalue weighted by Gasteiger charge is -2.33. The van der Waals surface area contributed by atoms with Crippen LogP contribution in [0.2, 0.25) is 0 Å². The number of anilines is 1. The number of nitrogens with one attached hydrogen (secondary N) is 1. The molecule has 1 aliphatic heterocycles. The van der Waals surface area contributed by atoms with Crippen LogP contribution in [0, 0.1) is 0 Å². The van der Waals surface area contributed by atoms with E-state index < -0.39 is 0 Å². The first kappa shape index (κ1) is 20.5. The molecule has 0 bridgehead atoms. The fourth-order valence-electron chi connectivity index (χ4n) is 4.77. The number of amides is 1. The van der Waals surface area contributed by atoms with Crippen LogP contribution in [-0.2, 0) is 18.3 Å². The van der Waals surface area contributed by atoms with E-state index in [9.17, 15) is 9.59 Å². The molecule has 164 valence electrons. The monoisotopic (exact) mass is 430 g/mol. The highest BCUT2D eigenvalue weighted by Crippen LogP contribution is 2.42. The summed E-state index contributed by atoms with van der Waals surface area (Å²) in [6.45, 7) is 5.32. The van der Waals surface area contributed by atoms with Crippen LogP contribution >= 0.6 is 0 Å². The number of hydrogen-bond donors (Lipinski definition) is 1. The van der Waals surface area contributed by atoms with Gasteiger partial charge in [-0.25, -0.2) is 4.68 Å². The number of rotatable bonds is 3. The minimum atomic E-state index is -0.184. The Labute approximate surface area is 185 Å². The van der Waals surface area contributed by atoms with Crippen LogP contribution in [0.3, 0.4) is 0 Å². The second-order valence-electron chi connectivity index (χ2n) is 8.75. The number of carbonyl (C=O) groups excluding carboxylic acids is 1. The van der Waals surface area contributed by atoms with Gasteiger partial charge in [-0.3, -0.25) is 14.5 Å². The van der Waals surface area contributed by atoms with Gasteiger partial charge < -0.3 is 9.73 Å². The average molecular weight is 431 g/mol. The van der Waals surface area contributed by atoms with Crippen molar-refractivity contribution < 1.29 is 9.21 Å². The SMILES string of the molecule is CC1CN(C)C(C)c2c1oc1ccc(NC(=O)Cc3nn(C)c(=O)c4ccccc34)cc21. The minimum absolute atomic E-state index is 0.0757. The number of nitrogens with zero attached hydrogens (tertiary/aromatic N) is 3. The van der Waals surface area contributed by atoms with Crippen LogP contribution < -0.4 is 10.9 Å². The van der Waals surface area contributed by atoms with Crippen LogP contribution in [-0.4, -0.2) is 34.2 Å². The smallest absolute Gasteiger partial charge is 0.274 e. The lowest BCUT2D eigenvalue weighted by molar-refractivity contribution is -0.115. The van der Waals surface area contributed by atoms with Crippen molar-refractivity contribution >= 4 is 33.3 Å². The zero-order valence-electron chi connectivity index (χ0n) is 18.7. The van der Waals surface area contributed by atoms with Crippen molar-refractivity contribution in [3.05, 3.63) is 69.8 Å². The van der Waals surface area contributed by atoms with E-state index in [-0.39, 0.29) is 23.9 Å². The standard InChI is InChI=1S/C25H26N4O3/c1-14-13-28(3)15(2)23-19-11-16(9-10-21(19)32-24(14)23)26-22(30)12-20-17-7-5-6-8-18(17)25(31)29(4)27-20/h5-11,14-15H,12-13H2,1-4H3,(H,26,30). The predicted molar refractivity (Wildman–Crippen MR) is 125 cm³/mol. The van der Waals surface area contributed by atoms with Crippen molar-refractivity contribution in [1.29, 1.82) is 0 Å². The van der Waals surface area contributed by atoms with E-state index in [1.165, 1.54) is 10.2 Å². The Bertz CT molecular complexity index is 1420. The van der Waals surface area contributed by atoms with Crippen molar-refractivity contribution in [2.24, 2.45) is 7.05 Å². The molecule has 32 heavy (non-hydrogen) atoms. The quantitative estimate of drug-likeness (QED) is 0.532. The van der Waals surface area contributed by atoms with Gasteiger partial charge in [0, 0.05) is 47.6 Å². The maximum atomic E-state index is 12.9. The van der Waals surface area contributed by atoms with Crippen molar-refractivity contribution in [1.82, 2.24) is 14.7 Å². The highest BCUT2D eigenvalue weighted by Gasteiger charge is 2.31. The highest BCUT2D eigenvalue weighted by atomic mass is 16.3. The molecule has 2 aromatic heterocycles. The molecular weight excluding hydrogens is 404 g/mol. The number of aryl methyl sites for hydroxylation is 1. The summed E-state index contributed by atoms with van der Waals surface area (Å²) in [5.41, 5.74) is 3.16. The highest BCUT2D eigenvalue weighted by molar-refractivity contribution is 5.97. The Kier molecular flexibility index (Phi) is 4.86. The zero-order chi connectivity index (χ0) is 22.6. The summed E-state index contributed by atoms with van der Waals surface area (Å²) >= 11 is 0. The predicted octanol–water partition coefficient (Wildman–Crippen LogP) is 3.97. The number of likely N-dealkylation sites (N-methyl/N-ethyl adjacent to an activating group) is 1. The second kappa shape index (κ2) is 7.60. The molecule has 3 heterocycles. The second-order valence-corrected chi connectivity index (χ2v) is 8.75. The zero-order valence-corrected chi connectivity index (χ0v) is 18.7. The summed E-state index contributed by atoms with van der Waals surface area (Å²) in [6.07, 6.45) is 0.0757. The third-order valence-corrected chi connectivity index (χ3v) is 6.49. The molecular formula is C25H26N4O3.